The molecule has 5 atom stereocenters. The Bertz CT molecular complexity index is 818. The summed E-state index contributed by atoms with van der Waals surface area (Å²) in [4.78, 5) is 82.0. The van der Waals surface area contributed by atoms with E-state index >= 15 is 0 Å². The van der Waals surface area contributed by atoms with Crippen molar-refractivity contribution in [3.05, 3.63) is 0 Å². The topological polar surface area (TPSA) is 300 Å². The van der Waals surface area contributed by atoms with Crippen molar-refractivity contribution < 1.29 is 43.8 Å². The molecule has 16 heteroatoms. The molecule has 0 aromatic rings. The SMILES string of the molecule is CC(O)C(NC(=O)C(N)CCC(N)=O)C(=O)NC(CCC(N)=O)C(=O)NC(CCC(N)=O)C(=O)O. The lowest BCUT2D eigenvalue weighted by atomic mass is 10.1. The second-order valence-electron chi connectivity index (χ2n) is 7.81. The van der Waals surface area contributed by atoms with Gasteiger partial charge in [-0.2, -0.15) is 0 Å². The van der Waals surface area contributed by atoms with Crippen LogP contribution in [-0.2, 0) is 33.6 Å². The first-order valence-electron chi connectivity index (χ1n) is 10.6. The Balaban J connectivity index is 5.49. The highest BCUT2D eigenvalue weighted by Crippen LogP contribution is 2.05. The van der Waals surface area contributed by atoms with Crippen molar-refractivity contribution in [2.75, 3.05) is 0 Å². The molecule has 0 aromatic heterocycles. The van der Waals surface area contributed by atoms with Crippen LogP contribution in [0.1, 0.15) is 45.4 Å². The van der Waals surface area contributed by atoms with Crippen LogP contribution in [0.15, 0.2) is 0 Å². The summed E-state index contributed by atoms with van der Waals surface area (Å²) in [7, 11) is 0. The molecular formula is C19H33N7O9. The van der Waals surface area contributed by atoms with Gasteiger partial charge in [-0.3, -0.25) is 28.8 Å². The summed E-state index contributed by atoms with van der Waals surface area (Å²) in [5.74, 6) is -6.75. The van der Waals surface area contributed by atoms with E-state index in [-0.39, 0.29) is 38.5 Å². The number of aliphatic carboxylic acids is 1. The normalized spacial score (nSPS) is 14.9. The van der Waals surface area contributed by atoms with Crippen LogP contribution in [0, 0.1) is 0 Å². The van der Waals surface area contributed by atoms with Gasteiger partial charge in [0.25, 0.3) is 0 Å². The highest BCUT2D eigenvalue weighted by Gasteiger charge is 2.32. The molecule has 0 aliphatic carbocycles. The molecular weight excluding hydrogens is 470 g/mol. The zero-order chi connectivity index (χ0) is 27.3. The number of aliphatic hydroxyl groups is 1. The van der Waals surface area contributed by atoms with E-state index in [9.17, 15) is 43.8 Å². The lowest BCUT2D eigenvalue weighted by Crippen LogP contribution is -2.59. The number of primary amides is 3. The molecule has 0 spiro atoms. The summed E-state index contributed by atoms with van der Waals surface area (Å²) in [6, 6.07) is -5.85. The standard InChI is InChI=1S/C19H33N7O9/c1-8(27)15(26-16(31)9(20)2-5-12(21)28)18(33)24-10(3-6-13(22)29)17(32)25-11(19(34)35)4-7-14(23)30/h8-11,15,27H,2-7,20H2,1H3,(H2,21,28)(H2,22,29)(H2,23,30)(H,24,33)(H,25,32)(H,26,31)(H,34,35). The number of aliphatic hydroxyl groups excluding tert-OH is 1. The Morgan fingerprint density at radius 3 is 1.54 bits per heavy atom. The van der Waals surface area contributed by atoms with Crippen molar-refractivity contribution in [2.45, 2.75) is 75.7 Å². The molecule has 13 N–H and O–H groups in total. The van der Waals surface area contributed by atoms with E-state index < -0.39 is 71.7 Å². The third kappa shape index (κ3) is 12.9. The summed E-state index contributed by atoms with van der Waals surface area (Å²) in [6.45, 7) is 1.17. The van der Waals surface area contributed by atoms with E-state index in [1.807, 2.05) is 0 Å². The van der Waals surface area contributed by atoms with Gasteiger partial charge in [-0.05, 0) is 26.2 Å². The summed E-state index contributed by atoms with van der Waals surface area (Å²) in [5.41, 5.74) is 20.7. The van der Waals surface area contributed by atoms with Crippen LogP contribution < -0.4 is 38.9 Å². The maximum absolute atomic E-state index is 12.7. The van der Waals surface area contributed by atoms with Crippen molar-refractivity contribution in [2.24, 2.45) is 22.9 Å². The Labute approximate surface area is 200 Å². The third-order valence-corrected chi connectivity index (χ3v) is 4.71. The van der Waals surface area contributed by atoms with Gasteiger partial charge in [0, 0.05) is 19.3 Å². The molecule has 0 heterocycles. The molecule has 0 saturated heterocycles. The minimum atomic E-state index is -1.60. The van der Waals surface area contributed by atoms with Gasteiger partial charge in [0.05, 0.1) is 12.1 Å². The fraction of sp³-hybridized carbons (Fsp3) is 0.632. The van der Waals surface area contributed by atoms with Gasteiger partial charge in [0.15, 0.2) is 0 Å². The van der Waals surface area contributed by atoms with Crippen LogP contribution in [-0.4, -0.2) is 81.9 Å². The largest absolute Gasteiger partial charge is 0.480 e. The second kappa shape index (κ2) is 15.2. The highest BCUT2D eigenvalue weighted by molar-refractivity contribution is 5.94. The molecule has 0 fully saturated rings. The van der Waals surface area contributed by atoms with Gasteiger partial charge in [0.1, 0.15) is 18.1 Å². The molecule has 5 unspecified atom stereocenters. The van der Waals surface area contributed by atoms with E-state index in [4.69, 9.17) is 22.9 Å². The number of rotatable bonds is 17. The molecule has 6 amide bonds. The Morgan fingerprint density at radius 1 is 0.686 bits per heavy atom. The first-order valence-corrected chi connectivity index (χ1v) is 10.6. The Hall–Kier alpha value is -3.79. The quantitative estimate of drug-likeness (QED) is 0.0910. The van der Waals surface area contributed by atoms with Gasteiger partial charge < -0.3 is 49.1 Å². The average molecular weight is 504 g/mol. The van der Waals surface area contributed by atoms with Gasteiger partial charge in [-0.15, -0.1) is 0 Å². The zero-order valence-corrected chi connectivity index (χ0v) is 19.2. The number of nitrogens with one attached hydrogen (secondary N) is 3. The molecule has 16 nitrogen and oxygen atoms in total. The first-order chi connectivity index (χ1) is 16.1. The predicted molar refractivity (Wildman–Crippen MR) is 118 cm³/mol. The number of amides is 6. The molecule has 0 aliphatic heterocycles. The van der Waals surface area contributed by atoms with E-state index in [1.165, 1.54) is 6.92 Å². The molecule has 0 bridgehead atoms. The molecule has 0 saturated carbocycles. The molecule has 198 valence electrons. The van der Waals surface area contributed by atoms with Crippen molar-refractivity contribution in [1.82, 2.24) is 16.0 Å². The molecule has 0 aromatic carbocycles. The monoisotopic (exact) mass is 503 g/mol. The summed E-state index contributed by atoms with van der Waals surface area (Å²) in [6.07, 6.45) is -3.18. The lowest BCUT2D eigenvalue weighted by Gasteiger charge is -2.26. The van der Waals surface area contributed by atoms with Crippen LogP contribution in [0.4, 0.5) is 0 Å². The van der Waals surface area contributed by atoms with Gasteiger partial charge >= 0.3 is 5.97 Å². The van der Waals surface area contributed by atoms with E-state index in [1.54, 1.807) is 0 Å². The average Bonchev–Trinajstić information content (AvgIpc) is 2.74. The molecule has 0 rings (SSSR count). The van der Waals surface area contributed by atoms with Crippen molar-refractivity contribution in [3.63, 3.8) is 0 Å². The number of carboxylic acids is 1. The fourth-order valence-electron chi connectivity index (χ4n) is 2.73. The number of carboxylic acid groups (broad SMARTS) is 1. The van der Waals surface area contributed by atoms with Crippen LogP contribution >= 0.6 is 0 Å². The zero-order valence-electron chi connectivity index (χ0n) is 19.2. The van der Waals surface area contributed by atoms with Crippen LogP contribution in [0.5, 0.6) is 0 Å². The fourth-order valence-corrected chi connectivity index (χ4v) is 2.73. The lowest BCUT2D eigenvalue weighted by molar-refractivity contribution is -0.143. The van der Waals surface area contributed by atoms with E-state index in [0.29, 0.717) is 0 Å². The predicted octanol–water partition coefficient (Wildman–Crippen LogP) is -4.97. The minimum Gasteiger partial charge on any atom is -0.480 e. The summed E-state index contributed by atoms with van der Waals surface area (Å²) in [5, 5.41) is 25.8. The van der Waals surface area contributed by atoms with E-state index in [0.717, 1.165) is 0 Å². The van der Waals surface area contributed by atoms with Crippen molar-refractivity contribution in [3.8, 4) is 0 Å². The first kappa shape index (κ1) is 31.2. The smallest absolute Gasteiger partial charge is 0.326 e. The highest BCUT2D eigenvalue weighted by atomic mass is 16.4. The van der Waals surface area contributed by atoms with Crippen LogP contribution in [0.3, 0.4) is 0 Å². The summed E-state index contributed by atoms with van der Waals surface area (Å²) >= 11 is 0. The maximum Gasteiger partial charge on any atom is 0.326 e. The van der Waals surface area contributed by atoms with E-state index in [2.05, 4.69) is 16.0 Å². The minimum absolute atomic E-state index is 0.124. The number of hydrogen-bond donors (Lipinski definition) is 9. The van der Waals surface area contributed by atoms with Gasteiger partial charge in [0.2, 0.25) is 35.4 Å². The molecule has 0 radical (unpaired) electrons. The van der Waals surface area contributed by atoms with Gasteiger partial charge in [-0.25, -0.2) is 4.79 Å². The van der Waals surface area contributed by atoms with Crippen LogP contribution in [0.2, 0.25) is 0 Å². The second-order valence-corrected chi connectivity index (χ2v) is 7.81. The Kier molecular flexibility index (Phi) is 13.5. The van der Waals surface area contributed by atoms with Crippen molar-refractivity contribution >= 4 is 41.4 Å². The summed E-state index contributed by atoms with van der Waals surface area (Å²) < 4.78 is 0. The number of nitrogens with two attached hydrogens (primary N) is 4. The van der Waals surface area contributed by atoms with Crippen molar-refractivity contribution in [1.29, 1.82) is 0 Å². The van der Waals surface area contributed by atoms with Gasteiger partial charge in [-0.1, -0.05) is 0 Å². The van der Waals surface area contributed by atoms with Crippen LogP contribution in [0.25, 0.3) is 0 Å². The number of carbonyl (C=O) groups is 7. The molecule has 0 aliphatic rings. The number of carbonyl (C=O) groups excluding carboxylic acids is 6. The third-order valence-electron chi connectivity index (χ3n) is 4.71. The maximum atomic E-state index is 12.7. The Morgan fingerprint density at radius 2 is 1.11 bits per heavy atom. The molecule has 35 heavy (non-hydrogen) atoms. The number of hydrogen-bond acceptors (Lipinski definition) is 9.